The van der Waals surface area contributed by atoms with Crippen LogP contribution in [-0.4, -0.2) is 17.0 Å². The molecule has 20 heavy (non-hydrogen) atoms. The molecule has 0 spiro atoms. The molecule has 3 aliphatic carbocycles. The third-order valence-corrected chi connectivity index (χ3v) is 6.08. The van der Waals surface area contributed by atoms with Gasteiger partial charge in [0, 0.05) is 11.8 Å². The van der Waals surface area contributed by atoms with Crippen molar-refractivity contribution in [3.8, 4) is 0 Å². The van der Waals surface area contributed by atoms with Crippen LogP contribution in [0.5, 0.6) is 0 Å². The highest BCUT2D eigenvalue weighted by atomic mass is 16.3. The normalized spacial score (nSPS) is 35.4. The number of aliphatic hydroxyl groups excluding tert-OH is 1. The average Bonchev–Trinajstić information content (AvgIpc) is 2.74. The summed E-state index contributed by atoms with van der Waals surface area (Å²) in [4.78, 5) is 12.2. The van der Waals surface area contributed by atoms with Crippen molar-refractivity contribution in [2.45, 2.75) is 63.9 Å². The maximum Gasteiger partial charge on any atom is 0.139 e. The summed E-state index contributed by atoms with van der Waals surface area (Å²) in [6.45, 7) is 2.18. The van der Waals surface area contributed by atoms with Crippen molar-refractivity contribution in [3.05, 3.63) is 34.4 Å². The first-order chi connectivity index (χ1) is 9.59. The largest absolute Gasteiger partial charge is 0.393 e. The molecule has 0 saturated heterocycles. The quantitative estimate of drug-likeness (QED) is 0.787. The van der Waals surface area contributed by atoms with E-state index < -0.39 is 0 Å². The van der Waals surface area contributed by atoms with Crippen LogP contribution in [0.25, 0.3) is 0 Å². The third-order valence-electron chi connectivity index (χ3n) is 6.08. The number of rotatable bonds is 0. The van der Waals surface area contributed by atoms with E-state index in [1.165, 1.54) is 22.3 Å². The molecule has 0 aromatic heterocycles. The highest BCUT2D eigenvalue weighted by Gasteiger charge is 2.49. The average molecular weight is 270 g/mol. The molecule has 4 rings (SSSR count). The van der Waals surface area contributed by atoms with Crippen molar-refractivity contribution < 1.29 is 9.90 Å². The molecule has 3 aliphatic rings. The summed E-state index contributed by atoms with van der Waals surface area (Å²) in [5.74, 6) is 0.914. The van der Waals surface area contributed by atoms with Crippen LogP contribution >= 0.6 is 0 Å². The van der Waals surface area contributed by atoms with E-state index >= 15 is 0 Å². The summed E-state index contributed by atoms with van der Waals surface area (Å²) in [6, 6.07) is 4.47. The third kappa shape index (κ3) is 1.57. The Hall–Kier alpha value is -1.15. The molecular formula is C18H22O2. The standard InChI is InChI=1S/C18H22O2/c1-18-9-8-14-13-5-3-12(19)10-11(13)2-4-15(14)16(18)6-7-17(18)20/h2,4,12,16,19H,3,5-10H2,1H3. The van der Waals surface area contributed by atoms with Gasteiger partial charge in [-0.15, -0.1) is 0 Å². The van der Waals surface area contributed by atoms with E-state index in [-0.39, 0.29) is 11.5 Å². The molecule has 1 aromatic carbocycles. The first-order valence-corrected chi connectivity index (χ1v) is 7.94. The molecule has 0 aliphatic heterocycles. The topological polar surface area (TPSA) is 37.3 Å². The summed E-state index contributed by atoms with van der Waals surface area (Å²) < 4.78 is 0. The lowest BCUT2D eigenvalue weighted by atomic mass is 9.65. The molecule has 2 heteroatoms. The Morgan fingerprint density at radius 3 is 2.85 bits per heavy atom. The van der Waals surface area contributed by atoms with Gasteiger partial charge in [0.05, 0.1) is 6.10 Å². The van der Waals surface area contributed by atoms with Crippen LogP contribution in [0.4, 0.5) is 0 Å². The highest BCUT2D eigenvalue weighted by Crippen LogP contribution is 2.54. The fourth-order valence-electron chi connectivity index (χ4n) is 4.82. The van der Waals surface area contributed by atoms with Gasteiger partial charge >= 0.3 is 0 Å². The molecule has 0 radical (unpaired) electrons. The predicted molar refractivity (Wildman–Crippen MR) is 77.9 cm³/mol. The summed E-state index contributed by atoms with van der Waals surface area (Å²) in [6.07, 6.45) is 6.41. The Morgan fingerprint density at radius 1 is 1.15 bits per heavy atom. The number of aliphatic hydroxyl groups is 1. The number of fused-ring (bicyclic) bond motifs is 5. The number of carbonyl (C=O) groups is 1. The lowest BCUT2D eigenvalue weighted by molar-refractivity contribution is -0.126. The molecule has 0 heterocycles. The molecule has 1 aromatic rings. The van der Waals surface area contributed by atoms with E-state index in [1.807, 2.05) is 0 Å². The molecule has 1 N–H and O–H groups in total. The monoisotopic (exact) mass is 270 g/mol. The van der Waals surface area contributed by atoms with Gasteiger partial charge in [-0.05, 0) is 66.7 Å². The van der Waals surface area contributed by atoms with Crippen molar-refractivity contribution in [2.75, 3.05) is 0 Å². The highest BCUT2D eigenvalue weighted by molar-refractivity contribution is 5.88. The smallest absolute Gasteiger partial charge is 0.139 e. The Kier molecular flexibility index (Phi) is 2.62. The van der Waals surface area contributed by atoms with Gasteiger partial charge in [0.15, 0.2) is 0 Å². The van der Waals surface area contributed by atoms with Gasteiger partial charge in [-0.1, -0.05) is 19.1 Å². The van der Waals surface area contributed by atoms with E-state index in [9.17, 15) is 9.90 Å². The molecule has 1 saturated carbocycles. The van der Waals surface area contributed by atoms with Crippen LogP contribution < -0.4 is 0 Å². The summed E-state index contributed by atoms with van der Waals surface area (Å²) in [5, 5.41) is 9.84. The van der Waals surface area contributed by atoms with E-state index in [2.05, 4.69) is 19.1 Å². The van der Waals surface area contributed by atoms with Gasteiger partial charge in [-0.3, -0.25) is 4.79 Å². The molecule has 1 fully saturated rings. The molecule has 3 atom stereocenters. The maximum absolute atomic E-state index is 12.2. The first kappa shape index (κ1) is 12.6. The Morgan fingerprint density at radius 2 is 2.00 bits per heavy atom. The summed E-state index contributed by atoms with van der Waals surface area (Å²) in [7, 11) is 0. The molecule has 0 amide bonds. The van der Waals surface area contributed by atoms with Crippen LogP contribution in [0.1, 0.15) is 60.8 Å². The second kappa shape index (κ2) is 4.17. The fraction of sp³-hybridized carbons (Fsp3) is 0.611. The second-order valence-corrected chi connectivity index (χ2v) is 7.10. The molecule has 106 valence electrons. The van der Waals surface area contributed by atoms with Crippen molar-refractivity contribution >= 4 is 5.78 Å². The first-order valence-electron chi connectivity index (χ1n) is 7.94. The number of hydrogen-bond donors (Lipinski definition) is 1. The lowest BCUT2D eigenvalue weighted by Gasteiger charge is -2.38. The number of carbonyl (C=O) groups excluding carboxylic acids is 1. The van der Waals surface area contributed by atoms with Crippen molar-refractivity contribution in [1.82, 2.24) is 0 Å². The Bertz CT molecular complexity index is 589. The predicted octanol–water partition coefficient (Wildman–Crippen LogP) is 2.94. The van der Waals surface area contributed by atoms with Gasteiger partial charge in [0.25, 0.3) is 0 Å². The van der Waals surface area contributed by atoms with Crippen LogP contribution in [-0.2, 0) is 24.1 Å². The molecule has 3 unspecified atom stereocenters. The van der Waals surface area contributed by atoms with E-state index in [0.717, 1.165) is 44.9 Å². The van der Waals surface area contributed by atoms with Gasteiger partial charge in [-0.2, -0.15) is 0 Å². The van der Waals surface area contributed by atoms with Crippen molar-refractivity contribution in [2.24, 2.45) is 5.41 Å². The van der Waals surface area contributed by atoms with Gasteiger partial charge in [-0.25, -0.2) is 0 Å². The maximum atomic E-state index is 12.2. The lowest BCUT2D eigenvalue weighted by Crippen LogP contribution is -2.33. The van der Waals surface area contributed by atoms with Crippen LogP contribution in [0.15, 0.2) is 12.1 Å². The van der Waals surface area contributed by atoms with Crippen LogP contribution in [0, 0.1) is 5.41 Å². The minimum absolute atomic E-state index is 0.102. The molecule has 2 nitrogen and oxygen atoms in total. The number of hydrogen-bond acceptors (Lipinski definition) is 2. The van der Waals surface area contributed by atoms with E-state index in [4.69, 9.17) is 0 Å². The summed E-state index contributed by atoms with van der Waals surface area (Å²) in [5.41, 5.74) is 5.70. The zero-order valence-electron chi connectivity index (χ0n) is 12.1. The molecule has 0 bridgehead atoms. The van der Waals surface area contributed by atoms with Gasteiger partial charge in [0.1, 0.15) is 5.78 Å². The fourth-order valence-corrected chi connectivity index (χ4v) is 4.82. The molecular weight excluding hydrogens is 248 g/mol. The van der Waals surface area contributed by atoms with E-state index in [1.54, 1.807) is 0 Å². The van der Waals surface area contributed by atoms with Gasteiger partial charge in [0.2, 0.25) is 0 Å². The zero-order chi connectivity index (χ0) is 13.9. The number of ketones is 1. The second-order valence-electron chi connectivity index (χ2n) is 7.10. The van der Waals surface area contributed by atoms with Crippen LogP contribution in [0.3, 0.4) is 0 Å². The minimum atomic E-state index is -0.164. The number of benzene rings is 1. The summed E-state index contributed by atoms with van der Waals surface area (Å²) >= 11 is 0. The zero-order valence-corrected chi connectivity index (χ0v) is 12.1. The van der Waals surface area contributed by atoms with Crippen molar-refractivity contribution in [3.63, 3.8) is 0 Å². The Labute approximate surface area is 120 Å². The van der Waals surface area contributed by atoms with Crippen LogP contribution in [0.2, 0.25) is 0 Å². The minimum Gasteiger partial charge on any atom is -0.393 e. The van der Waals surface area contributed by atoms with Crippen molar-refractivity contribution in [1.29, 1.82) is 0 Å². The number of Topliss-reactive ketones (excluding diaryl/α,β-unsaturated/α-hetero) is 1. The van der Waals surface area contributed by atoms with Gasteiger partial charge < -0.3 is 5.11 Å². The SMILES string of the molecule is CC12CCc3c(ccc4c3CCC(O)C4)C1CCC2=O. The Balaban J connectivity index is 1.82. The van der Waals surface area contributed by atoms with E-state index in [0.29, 0.717) is 11.7 Å².